The van der Waals surface area contributed by atoms with Crippen LogP contribution in [0.25, 0.3) is 0 Å². The molecule has 1 aliphatic heterocycles. The van der Waals surface area contributed by atoms with Crippen molar-refractivity contribution in [2.24, 2.45) is 16.8 Å². The third-order valence-electron chi connectivity index (χ3n) is 3.44. The van der Waals surface area contributed by atoms with E-state index in [4.69, 9.17) is 10.9 Å². The fourth-order valence-electron chi connectivity index (χ4n) is 2.23. The summed E-state index contributed by atoms with van der Waals surface area (Å²) in [6.45, 7) is 0.749. The smallest absolute Gasteiger partial charge is 0.243 e. The summed E-state index contributed by atoms with van der Waals surface area (Å²) in [6, 6.07) is 6.57. The molecule has 3 N–H and O–H groups in total. The molecule has 0 aromatic heterocycles. The summed E-state index contributed by atoms with van der Waals surface area (Å²) in [4.78, 5) is 0.281. The lowest BCUT2D eigenvalue weighted by Crippen LogP contribution is -2.41. The second-order valence-electron chi connectivity index (χ2n) is 4.66. The van der Waals surface area contributed by atoms with Crippen LogP contribution in [0.15, 0.2) is 38.8 Å². The van der Waals surface area contributed by atoms with Crippen LogP contribution in [0.2, 0.25) is 0 Å². The molecule has 0 radical (unpaired) electrons. The van der Waals surface area contributed by atoms with Crippen LogP contribution in [0.4, 0.5) is 0 Å². The SMILES string of the molecule is NC(=NO)C1CCN(S(=O)(=O)c2ccc(Br)cc2)CC1. The number of sulfonamides is 1. The highest BCUT2D eigenvalue weighted by molar-refractivity contribution is 9.10. The molecule has 1 fully saturated rings. The fraction of sp³-hybridized carbons (Fsp3) is 0.417. The number of hydrogen-bond acceptors (Lipinski definition) is 4. The van der Waals surface area contributed by atoms with Gasteiger partial charge in [0, 0.05) is 23.5 Å². The highest BCUT2D eigenvalue weighted by Crippen LogP contribution is 2.24. The zero-order valence-electron chi connectivity index (χ0n) is 10.7. The largest absolute Gasteiger partial charge is 0.409 e. The number of benzene rings is 1. The number of rotatable bonds is 3. The summed E-state index contributed by atoms with van der Waals surface area (Å²) in [6.07, 6.45) is 1.12. The number of halogens is 1. The van der Waals surface area contributed by atoms with Crippen LogP contribution >= 0.6 is 15.9 Å². The standard InChI is InChI=1S/C12H16BrN3O3S/c13-10-1-3-11(4-2-10)20(18,19)16-7-5-9(6-8-16)12(14)15-17/h1-4,9,17H,5-8H2,(H2,14,15). The topological polar surface area (TPSA) is 96.0 Å². The van der Waals surface area contributed by atoms with Crippen LogP contribution in [0.5, 0.6) is 0 Å². The quantitative estimate of drug-likeness (QED) is 0.369. The van der Waals surface area contributed by atoms with E-state index in [1.54, 1.807) is 24.3 Å². The van der Waals surface area contributed by atoms with E-state index >= 15 is 0 Å². The van der Waals surface area contributed by atoms with E-state index in [1.165, 1.54) is 4.31 Å². The van der Waals surface area contributed by atoms with E-state index in [-0.39, 0.29) is 16.6 Å². The van der Waals surface area contributed by atoms with Gasteiger partial charge in [0.2, 0.25) is 10.0 Å². The lowest BCUT2D eigenvalue weighted by molar-refractivity contribution is 0.291. The maximum atomic E-state index is 12.4. The van der Waals surface area contributed by atoms with Gasteiger partial charge >= 0.3 is 0 Å². The average Bonchev–Trinajstić information content (AvgIpc) is 2.47. The third-order valence-corrected chi connectivity index (χ3v) is 5.88. The molecule has 0 amide bonds. The normalized spacial score (nSPS) is 19.1. The molecule has 0 unspecified atom stereocenters. The van der Waals surface area contributed by atoms with Crippen LogP contribution in [-0.4, -0.2) is 36.9 Å². The molecular weight excluding hydrogens is 346 g/mol. The first kappa shape index (κ1) is 15.3. The van der Waals surface area contributed by atoms with E-state index in [0.717, 1.165) is 4.47 Å². The van der Waals surface area contributed by atoms with Gasteiger partial charge in [-0.05, 0) is 37.1 Å². The van der Waals surface area contributed by atoms with Crippen molar-refractivity contribution in [3.8, 4) is 0 Å². The van der Waals surface area contributed by atoms with E-state index < -0.39 is 10.0 Å². The van der Waals surface area contributed by atoms with Crippen LogP contribution in [0.1, 0.15) is 12.8 Å². The minimum atomic E-state index is -3.47. The lowest BCUT2D eigenvalue weighted by Gasteiger charge is -2.30. The van der Waals surface area contributed by atoms with Gasteiger partial charge in [-0.1, -0.05) is 21.1 Å². The van der Waals surface area contributed by atoms with Crippen molar-refractivity contribution in [1.82, 2.24) is 4.31 Å². The monoisotopic (exact) mass is 361 g/mol. The molecule has 1 heterocycles. The maximum Gasteiger partial charge on any atom is 0.243 e. The Balaban J connectivity index is 2.11. The molecule has 1 saturated heterocycles. The van der Waals surface area contributed by atoms with Crippen LogP contribution in [0, 0.1) is 5.92 Å². The molecule has 1 aliphatic rings. The molecule has 8 heteroatoms. The van der Waals surface area contributed by atoms with E-state index in [0.29, 0.717) is 25.9 Å². The predicted molar refractivity (Wildman–Crippen MR) is 79.0 cm³/mol. The maximum absolute atomic E-state index is 12.4. The Morgan fingerprint density at radius 2 is 1.85 bits per heavy atom. The molecule has 20 heavy (non-hydrogen) atoms. The molecule has 6 nitrogen and oxygen atoms in total. The van der Waals surface area contributed by atoms with E-state index in [1.807, 2.05) is 0 Å². The number of nitrogens with two attached hydrogens (primary N) is 1. The predicted octanol–water partition coefficient (Wildman–Crippen LogP) is 1.60. The molecule has 1 aromatic rings. The Morgan fingerprint density at radius 1 is 1.30 bits per heavy atom. The Hall–Kier alpha value is -1.12. The number of piperidine rings is 1. The molecule has 2 rings (SSSR count). The van der Waals surface area contributed by atoms with Gasteiger partial charge in [-0.2, -0.15) is 4.31 Å². The van der Waals surface area contributed by atoms with Gasteiger partial charge in [0.05, 0.1) is 4.90 Å². The van der Waals surface area contributed by atoms with Crippen molar-refractivity contribution in [3.05, 3.63) is 28.7 Å². The van der Waals surface area contributed by atoms with Gasteiger partial charge < -0.3 is 10.9 Å². The summed E-state index contributed by atoms with van der Waals surface area (Å²) in [7, 11) is -3.47. The summed E-state index contributed by atoms with van der Waals surface area (Å²) in [5.74, 6) is 0.113. The number of nitrogens with zero attached hydrogens (tertiary/aromatic N) is 2. The zero-order valence-corrected chi connectivity index (χ0v) is 13.1. The van der Waals surface area contributed by atoms with Crippen molar-refractivity contribution in [2.45, 2.75) is 17.7 Å². The van der Waals surface area contributed by atoms with Crippen LogP contribution in [-0.2, 0) is 10.0 Å². The molecule has 0 spiro atoms. The summed E-state index contributed by atoms with van der Waals surface area (Å²) in [5.41, 5.74) is 5.56. The first-order chi connectivity index (χ1) is 9.45. The lowest BCUT2D eigenvalue weighted by atomic mass is 9.97. The average molecular weight is 362 g/mol. The number of oxime groups is 1. The van der Waals surface area contributed by atoms with E-state index in [2.05, 4.69) is 21.1 Å². The van der Waals surface area contributed by atoms with Crippen molar-refractivity contribution < 1.29 is 13.6 Å². The van der Waals surface area contributed by atoms with Gasteiger partial charge in [0.1, 0.15) is 5.84 Å². The minimum absolute atomic E-state index is 0.0589. The molecule has 0 bridgehead atoms. The molecule has 1 aromatic carbocycles. The van der Waals surface area contributed by atoms with Crippen molar-refractivity contribution in [2.75, 3.05) is 13.1 Å². The highest BCUT2D eigenvalue weighted by atomic mass is 79.9. The van der Waals surface area contributed by atoms with Gasteiger partial charge in [0.25, 0.3) is 0 Å². The van der Waals surface area contributed by atoms with Crippen LogP contribution < -0.4 is 5.73 Å². The van der Waals surface area contributed by atoms with E-state index in [9.17, 15) is 8.42 Å². The second-order valence-corrected chi connectivity index (χ2v) is 7.51. The second kappa shape index (κ2) is 6.11. The van der Waals surface area contributed by atoms with Crippen LogP contribution in [0.3, 0.4) is 0 Å². The Kier molecular flexibility index (Phi) is 4.66. The molecule has 0 aliphatic carbocycles. The molecule has 0 saturated carbocycles. The first-order valence-corrected chi connectivity index (χ1v) is 8.41. The Bertz CT molecular complexity index is 593. The first-order valence-electron chi connectivity index (χ1n) is 6.18. The molecular formula is C12H16BrN3O3S. The summed E-state index contributed by atoms with van der Waals surface area (Å²) in [5, 5.41) is 11.6. The van der Waals surface area contributed by atoms with Crippen molar-refractivity contribution in [1.29, 1.82) is 0 Å². The highest BCUT2D eigenvalue weighted by Gasteiger charge is 2.30. The van der Waals surface area contributed by atoms with Gasteiger partial charge in [0.15, 0.2) is 0 Å². The minimum Gasteiger partial charge on any atom is -0.409 e. The summed E-state index contributed by atoms with van der Waals surface area (Å²) < 4.78 is 27.2. The zero-order chi connectivity index (χ0) is 14.8. The van der Waals surface area contributed by atoms with Gasteiger partial charge in [-0.15, -0.1) is 0 Å². The Morgan fingerprint density at radius 3 is 2.35 bits per heavy atom. The van der Waals surface area contributed by atoms with Gasteiger partial charge in [-0.3, -0.25) is 0 Å². The molecule has 110 valence electrons. The number of hydrogen-bond donors (Lipinski definition) is 2. The fourth-order valence-corrected chi connectivity index (χ4v) is 3.96. The van der Waals surface area contributed by atoms with Gasteiger partial charge in [-0.25, -0.2) is 8.42 Å². The third kappa shape index (κ3) is 3.13. The number of amidine groups is 1. The van der Waals surface area contributed by atoms with Crippen molar-refractivity contribution >= 4 is 31.8 Å². The summed E-state index contributed by atoms with van der Waals surface area (Å²) >= 11 is 3.28. The Labute approximate surface area is 126 Å². The molecule has 0 atom stereocenters. The van der Waals surface area contributed by atoms with Crippen molar-refractivity contribution in [3.63, 3.8) is 0 Å².